The SMILES string of the molecule is CN1CCC(N(C)CCN2CCOc3cc(Nc4nc(Nc5ccccc5N(C)C)c5cc[nH]c5n4)ccc32)CC1. The van der Waals surface area contributed by atoms with E-state index in [1.807, 2.05) is 38.5 Å². The van der Waals surface area contributed by atoms with E-state index in [0.29, 0.717) is 18.6 Å². The third-order valence-electron chi connectivity index (χ3n) is 8.26. The molecule has 2 aromatic carbocycles. The van der Waals surface area contributed by atoms with Crippen LogP contribution in [-0.4, -0.2) is 98.3 Å². The Balaban J connectivity index is 1.17. The maximum Gasteiger partial charge on any atom is 0.231 e. The molecule has 10 nitrogen and oxygen atoms in total. The van der Waals surface area contributed by atoms with E-state index in [1.54, 1.807) is 0 Å². The van der Waals surface area contributed by atoms with E-state index in [1.165, 1.54) is 25.9 Å². The summed E-state index contributed by atoms with van der Waals surface area (Å²) in [6, 6.07) is 17.1. The minimum atomic E-state index is 0.511. The number of ether oxygens (including phenoxy) is 1. The van der Waals surface area contributed by atoms with Crippen molar-refractivity contribution in [1.29, 1.82) is 0 Å². The fourth-order valence-electron chi connectivity index (χ4n) is 5.80. The summed E-state index contributed by atoms with van der Waals surface area (Å²) in [5.41, 5.74) is 4.86. The number of anilines is 6. The van der Waals surface area contributed by atoms with Gasteiger partial charge in [0.05, 0.1) is 29.0 Å². The van der Waals surface area contributed by atoms with Gasteiger partial charge in [-0.2, -0.15) is 9.97 Å². The molecule has 2 aliphatic heterocycles. The van der Waals surface area contributed by atoms with Crippen LogP contribution in [0, 0.1) is 0 Å². The summed E-state index contributed by atoms with van der Waals surface area (Å²) in [7, 11) is 8.56. The predicted molar refractivity (Wildman–Crippen MR) is 169 cm³/mol. The molecule has 1 saturated heterocycles. The molecule has 1 fully saturated rings. The van der Waals surface area contributed by atoms with Gasteiger partial charge in [-0.05, 0) is 70.4 Å². The lowest BCUT2D eigenvalue weighted by Crippen LogP contribution is -2.45. The van der Waals surface area contributed by atoms with Crippen LogP contribution in [0.4, 0.5) is 34.5 Å². The summed E-state index contributed by atoms with van der Waals surface area (Å²) in [6.45, 7) is 5.99. The van der Waals surface area contributed by atoms with Gasteiger partial charge < -0.3 is 40.0 Å². The second kappa shape index (κ2) is 11.8. The van der Waals surface area contributed by atoms with Crippen LogP contribution >= 0.6 is 0 Å². The molecule has 0 radical (unpaired) electrons. The van der Waals surface area contributed by atoms with Crippen LogP contribution in [0.25, 0.3) is 11.0 Å². The molecule has 0 atom stereocenters. The van der Waals surface area contributed by atoms with Crippen LogP contribution in [-0.2, 0) is 0 Å². The molecule has 0 saturated carbocycles. The van der Waals surface area contributed by atoms with Gasteiger partial charge >= 0.3 is 0 Å². The van der Waals surface area contributed by atoms with Crippen molar-refractivity contribution in [2.24, 2.45) is 0 Å². The van der Waals surface area contributed by atoms with Gasteiger partial charge in [0, 0.05) is 51.2 Å². The maximum atomic E-state index is 6.10. The van der Waals surface area contributed by atoms with E-state index in [4.69, 9.17) is 14.7 Å². The van der Waals surface area contributed by atoms with Gasteiger partial charge in [-0.3, -0.25) is 0 Å². The van der Waals surface area contributed by atoms with E-state index in [-0.39, 0.29) is 0 Å². The molecule has 4 aromatic rings. The molecule has 216 valence electrons. The van der Waals surface area contributed by atoms with Crippen LogP contribution in [0.1, 0.15) is 12.8 Å². The first-order valence-electron chi connectivity index (χ1n) is 14.5. The first-order valence-corrected chi connectivity index (χ1v) is 14.5. The van der Waals surface area contributed by atoms with E-state index >= 15 is 0 Å². The second-order valence-corrected chi connectivity index (χ2v) is 11.3. The molecule has 10 heteroatoms. The molecule has 41 heavy (non-hydrogen) atoms. The highest BCUT2D eigenvalue weighted by Crippen LogP contribution is 2.36. The molecule has 0 unspecified atom stereocenters. The van der Waals surface area contributed by atoms with Gasteiger partial charge in [-0.25, -0.2) is 0 Å². The fraction of sp³-hybridized carbons (Fsp3) is 0.419. The number of rotatable bonds is 9. The van der Waals surface area contributed by atoms with E-state index in [9.17, 15) is 0 Å². The van der Waals surface area contributed by atoms with Gasteiger partial charge in [0.1, 0.15) is 23.8 Å². The number of likely N-dealkylation sites (N-methyl/N-ethyl adjacent to an activating group) is 1. The average molecular weight is 556 g/mol. The molecule has 3 N–H and O–H groups in total. The lowest BCUT2D eigenvalue weighted by Gasteiger charge is -2.37. The smallest absolute Gasteiger partial charge is 0.231 e. The van der Waals surface area contributed by atoms with Gasteiger partial charge in [0.15, 0.2) is 0 Å². The fourth-order valence-corrected chi connectivity index (χ4v) is 5.80. The van der Waals surface area contributed by atoms with Crippen molar-refractivity contribution < 1.29 is 4.74 Å². The number of nitrogens with zero attached hydrogens (tertiary/aromatic N) is 6. The van der Waals surface area contributed by atoms with E-state index in [0.717, 1.165) is 65.0 Å². The number of nitrogens with one attached hydrogen (secondary N) is 3. The van der Waals surface area contributed by atoms with Crippen LogP contribution in [0.15, 0.2) is 54.7 Å². The minimum Gasteiger partial charge on any atom is -0.489 e. The molecule has 6 rings (SSSR count). The Kier molecular flexibility index (Phi) is 7.84. The number of likely N-dealkylation sites (tertiary alicyclic amines) is 1. The highest BCUT2D eigenvalue weighted by atomic mass is 16.5. The first kappa shape index (κ1) is 27.2. The molecule has 2 aliphatic rings. The number of benzene rings is 2. The number of H-pyrrole nitrogens is 1. The van der Waals surface area contributed by atoms with E-state index in [2.05, 4.69) is 79.6 Å². The summed E-state index contributed by atoms with van der Waals surface area (Å²) in [4.78, 5) is 22.3. The lowest BCUT2D eigenvalue weighted by molar-refractivity contribution is 0.146. The molecule has 2 aromatic heterocycles. The van der Waals surface area contributed by atoms with Gasteiger partial charge in [0.25, 0.3) is 0 Å². The quantitative estimate of drug-likeness (QED) is 0.271. The number of piperidine rings is 1. The molecular formula is C31H41N9O. The second-order valence-electron chi connectivity index (χ2n) is 11.3. The Labute approximate surface area is 242 Å². The third-order valence-corrected chi connectivity index (χ3v) is 8.26. The molecular weight excluding hydrogens is 514 g/mol. The zero-order valence-electron chi connectivity index (χ0n) is 24.5. The number of aromatic nitrogens is 3. The molecule has 0 amide bonds. The molecule has 0 bridgehead atoms. The van der Waals surface area contributed by atoms with Crippen molar-refractivity contribution in [3.63, 3.8) is 0 Å². The number of aromatic amines is 1. The number of hydrogen-bond acceptors (Lipinski definition) is 9. The number of fused-ring (bicyclic) bond motifs is 2. The summed E-state index contributed by atoms with van der Waals surface area (Å²) >= 11 is 0. The van der Waals surface area contributed by atoms with Crippen LogP contribution in [0.2, 0.25) is 0 Å². The lowest BCUT2D eigenvalue weighted by atomic mass is 10.0. The summed E-state index contributed by atoms with van der Waals surface area (Å²) in [5.74, 6) is 2.14. The maximum absolute atomic E-state index is 6.10. The molecule has 0 spiro atoms. The largest absolute Gasteiger partial charge is 0.489 e. The Morgan fingerprint density at radius 2 is 1.83 bits per heavy atom. The van der Waals surface area contributed by atoms with Crippen molar-refractivity contribution in [3.05, 3.63) is 54.7 Å². The summed E-state index contributed by atoms with van der Waals surface area (Å²) < 4.78 is 6.10. The third kappa shape index (κ3) is 6.03. The zero-order chi connectivity index (χ0) is 28.3. The molecule has 4 heterocycles. The zero-order valence-corrected chi connectivity index (χ0v) is 24.5. The van der Waals surface area contributed by atoms with E-state index < -0.39 is 0 Å². The Morgan fingerprint density at radius 1 is 1.00 bits per heavy atom. The van der Waals surface area contributed by atoms with Crippen molar-refractivity contribution in [1.82, 2.24) is 24.8 Å². The van der Waals surface area contributed by atoms with Gasteiger partial charge in [-0.15, -0.1) is 0 Å². The van der Waals surface area contributed by atoms with Crippen molar-refractivity contribution in [2.75, 3.05) is 88.0 Å². The van der Waals surface area contributed by atoms with Crippen molar-refractivity contribution >= 4 is 45.5 Å². The standard InChI is InChI=1S/C31H41N9O/c1-37(2)26-8-6-5-7-25(26)34-30-24-11-14-32-29(24)35-31(36-30)33-22-9-10-27-28(21-22)41-20-19-40(27)18-17-39(4)23-12-15-38(3)16-13-23/h5-11,14,21,23H,12-13,15-20H2,1-4H3,(H3,32,33,34,35,36). The summed E-state index contributed by atoms with van der Waals surface area (Å²) in [5, 5.41) is 7.86. The van der Waals surface area contributed by atoms with Crippen LogP contribution < -0.4 is 25.2 Å². The first-order chi connectivity index (χ1) is 19.9. The van der Waals surface area contributed by atoms with Crippen LogP contribution in [0.5, 0.6) is 5.75 Å². The Hall–Kier alpha value is -4.02. The monoisotopic (exact) mass is 555 g/mol. The average Bonchev–Trinajstić information content (AvgIpc) is 3.45. The minimum absolute atomic E-state index is 0.511. The highest BCUT2D eigenvalue weighted by molar-refractivity contribution is 5.91. The topological polar surface area (TPSA) is 87.8 Å². The predicted octanol–water partition coefficient (Wildman–Crippen LogP) is 4.74. The van der Waals surface area contributed by atoms with Gasteiger partial charge in [0.2, 0.25) is 5.95 Å². The Morgan fingerprint density at radius 3 is 2.66 bits per heavy atom. The Bertz CT molecular complexity index is 1480. The van der Waals surface area contributed by atoms with Crippen LogP contribution in [0.3, 0.4) is 0 Å². The normalized spacial score (nSPS) is 16.1. The summed E-state index contributed by atoms with van der Waals surface area (Å²) in [6.07, 6.45) is 4.38. The number of para-hydroxylation sites is 2. The van der Waals surface area contributed by atoms with Crippen molar-refractivity contribution in [2.45, 2.75) is 18.9 Å². The molecule has 0 aliphatic carbocycles. The van der Waals surface area contributed by atoms with Crippen molar-refractivity contribution in [3.8, 4) is 5.75 Å². The number of hydrogen-bond donors (Lipinski definition) is 3. The van der Waals surface area contributed by atoms with Gasteiger partial charge in [-0.1, -0.05) is 12.1 Å². The highest BCUT2D eigenvalue weighted by Gasteiger charge is 2.23.